The van der Waals surface area contributed by atoms with Gasteiger partial charge in [0.15, 0.2) is 0 Å². The molecule has 0 aromatic rings. The number of nitrogens with two attached hydrogens (primary N) is 1. The highest BCUT2D eigenvalue weighted by Gasteiger charge is 2.39. The maximum absolute atomic E-state index is 12.1. The van der Waals surface area contributed by atoms with Crippen molar-refractivity contribution in [2.24, 2.45) is 11.1 Å². The second-order valence-electron chi connectivity index (χ2n) is 5.60. The van der Waals surface area contributed by atoms with Gasteiger partial charge in [-0.25, -0.2) is 0 Å². The van der Waals surface area contributed by atoms with Crippen molar-refractivity contribution < 1.29 is 9.53 Å². The van der Waals surface area contributed by atoms with Crippen LogP contribution in [-0.4, -0.2) is 18.6 Å². The Morgan fingerprint density at radius 3 is 2.68 bits per heavy atom. The first-order chi connectivity index (χ1) is 9.00. The summed E-state index contributed by atoms with van der Waals surface area (Å²) in [6, 6.07) is -0.301. The third kappa shape index (κ3) is 4.50. The first kappa shape index (κ1) is 16.0. The molecule has 0 fully saturated rings. The first-order valence-electron chi connectivity index (χ1n) is 7.31. The van der Waals surface area contributed by atoms with Crippen LogP contribution >= 0.6 is 0 Å². The Morgan fingerprint density at radius 1 is 1.37 bits per heavy atom. The molecule has 0 spiro atoms. The van der Waals surface area contributed by atoms with Gasteiger partial charge in [-0.2, -0.15) is 0 Å². The van der Waals surface area contributed by atoms with Gasteiger partial charge >= 0.3 is 5.97 Å². The SMILES string of the molecule is CCCCCCCOC(=O)C1(C)C=CC(C)=CC1N. The summed E-state index contributed by atoms with van der Waals surface area (Å²) in [5.74, 6) is -0.213. The van der Waals surface area contributed by atoms with Crippen LogP contribution in [0, 0.1) is 5.41 Å². The van der Waals surface area contributed by atoms with Crippen LogP contribution in [0.3, 0.4) is 0 Å². The normalized spacial score (nSPS) is 26.1. The number of unbranched alkanes of at least 4 members (excludes halogenated alkanes) is 4. The van der Waals surface area contributed by atoms with Crippen molar-refractivity contribution in [1.82, 2.24) is 0 Å². The van der Waals surface area contributed by atoms with E-state index in [4.69, 9.17) is 10.5 Å². The van der Waals surface area contributed by atoms with Gasteiger partial charge in [0.1, 0.15) is 5.41 Å². The highest BCUT2D eigenvalue weighted by Crippen LogP contribution is 2.30. The predicted molar refractivity (Wildman–Crippen MR) is 78.7 cm³/mol. The zero-order valence-corrected chi connectivity index (χ0v) is 12.4. The van der Waals surface area contributed by atoms with E-state index >= 15 is 0 Å². The Kier molecular flexibility index (Phi) is 6.29. The maximum atomic E-state index is 12.1. The van der Waals surface area contributed by atoms with E-state index in [1.807, 2.05) is 32.1 Å². The second kappa shape index (κ2) is 7.49. The van der Waals surface area contributed by atoms with Gasteiger partial charge in [-0.1, -0.05) is 56.4 Å². The number of carbonyl (C=O) groups is 1. The molecule has 0 saturated heterocycles. The molecule has 3 nitrogen and oxygen atoms in total. The molecule has 3 heteroatoms. The van der Waals surface area contributed by atoms with Crippen molar-refractivity contribution in [1.29, 1.82) is 0 Å². The molecular formula is C16H27NO2. The van der Waals surface area contributed by atoms with Crippen molar-refractivity contribution >= 4 is 5.97 Å². The largest absolute Gasteiger partial charge is 0.465 e. The van der Waals surface area contributed by atoms with Gasteiger partial charge < -0.3 is 10.5 Å². The fourth-order valence-electron chi connectivity index (χ4n) is 2.16. The maximum Gasteiger partial charge on any atom is 0.317 e. The highest BCUT2D eigenvalue weighted by atomic mass is 16.5. The van der Waals surface area contributed by atoms with Crippen LogP contribution in [0.1, 0.15) is 52.9 Å². The summed E-state index contributed by atoms with van der Waals surface area (Å²) in [6.07, 6.45) is 11.5. The first-order valence-corrected chi connectivity index (χ1v) is 7.31. The molecule has 0 amide bonds. The van der Waals surface area contributed by atoms with E-state index in [-0.39, 0.29) is 12.0 Å². The summed E-state index contributed by atoms with van der Waals surface area (Å²) in [6.45, 7) is 6.51. The van der Waals surface area contributed by atoms with E-state index in [2.05, 4.69) is 6.92 Å². The van der Waals surface area contributed by atoms with Gasteiger partial charge in [-0.05, 0) is 20.3 Å². The summed E-state index contributed by atoms with van der Waals surface area (Å²) in [7, 11) is 0. The zero-order valence-electron chi connectivity index (χ0n) is 12.4. The molecule has 0 bridgehead atoms. The summed E-state index contributed by atoms with van der Waals surface area (Å²) >= 11 is 0. The third-order valence-corrected chi connectivity index (χ3v) is 3.75. The highest BCUT2D eigenvalue weighted by molar-refractivity contribution is 5.80. The van der Waals surface area contributed by atoms with Gasteiger partial charge in [-0.15, -0.1) is 0 Å². The Bertz CT molecular complexity index is 360. The summed E-state index contributed by atoms with van der Waals surface area (Å²) < 4.78 is 5.37. The minimum Gasteiger partial charge on any atom is -0.465 e. The number of carbonyl (C=O) groups excluding carboxylic acids is 1. The summed E-state index contributed by atoms with van der Waals surface area (Å²) in [4.78, 5) is 12.1. The lowest BCUT2D eigenvalue weighted by atomic mass is 9.78. The molecule has 1 rings (SSSR count). The Labute approximate surface area is 116 Å². The van der Waals surface area contributed by atoms with Crippen LogP contribution in [-0.2, 0) is 9.53 Å². The molecular weight excluding hydrogens is 238 g/mol. The fourth-order valence-corrected chi connectivity index (χ4v) is 2.16. The van der Waals surface area contributed by atoms with Crippen LogP contribution in [0.5, 0.6) is 0 Å². The minimum absolute atomic E-state index is 0.213. The van der Waals surface area contributed by atoms with Crippen LogP contribution < -0.4 is 5.73 Å². The molecule has 2 unspecified atom stereocenters. The van der Waals surface area contributed by atoms with Gasteiger partial charge in [0, 0.05) is 6.04 Å². The van der Waals surface area contributed by atoms with Gasteiger partial charge in [0.2, 0.25) is 0 Å². The second-order valence-corrected chi connectivity index (χ2v) is 5.60. The average Bonchev–Trinajstić information content (AvgIpc) is 2.38. The molecule has 0 aromatic carbocycles. The van der Waals surface area contributed by atoms with Crippen LogP contribution in [0.4, 0.5) is 0 Å². The van der Waals surface area contributed by atoms with Crippen LogP contribution in [0.15, 0.2) is 23.8 Å². The molecule has 0 saturated carbocycles. The average molecular weight is 265 g/mol. The molecule has 2 N–H and O–H groups in total. The lowest BCUT2D eigenvalue weighted by Crippen LogP contribution is -2.45. The van der Waals surface area contributed by atoms with Crippen molar-refractivity contribution in [3.05, 3.63) is 23.8 Å². The van der Waals surface area contributed by atoms with E-state index in [1.165, 1.54) is 19.3 Å². The molecule has 0 aliphatic heterocycles. The number of hydrogen-bond donors (Lipinski definition) is 1. The molecule has 2 atom stereocenters. The van der Waals surface area contributed by atoms with E-state index in [1.54, 1.807) is 0 Å². The fraction of sp³-hybridized carbons (Fsp3) is 0.688. The summed E-state index contributed by atoms with van der Waals surface area (Å²) in [5, 5.41) is 0. The lowest BCUT2D eigenvalue weighted by Gasteiger charge is -2.31. The van der Waals surface area contributed by atoms with Gasteiger partial charge in [-0.3, -0.25) is 4.79 Å². The quantitative estimate of drug-likeness (QED) is 0.567. The molecule has 1 aliphatic carbocycles. The van der Waals surface area contributed by atoms with E-state index in [0.717, 1.165) is 18.4 Å². The molecule has 108 valence electrons. The number of rotatable bonds is 7. The lowest BCUT2D eigenvalue weighted by molar-refractivity contribution is -0.152. The standard InChI is InChI=1S/C16H27NO2/c1-4-5-6-7-8-11-19-15(18)16(3)10-9-13(2)12-14(16)17/h9-10,12,14H,4-8,11,17H2,1-3H3. The van der Waals surface area contributed by atoms with E-state index in [9.17, 15) is 4.79 Å². The third-order valence-electron chi connectivity index (χ3n) is 3.75. The zero-order chi connectivity index (χ0) is 14.3. The van der Waals surface area contributed by atoms with Crippen molar-refractivity contribution in [3.8, 4) is 0 Å². The van der Waals surface area contributed by atoms with Crippen molar-refractivity contribution in [2.45, 2.75) is 58.9 Å². The topological polar surface area (TPSA) is 52.3 Å². The Hall–Kier alpha value is -1.09. The van der Waals surface area contributed by atoms with Crippen LogP contribution in [0.25, 0.3) is 0 Å². The van der Waals surface area contributed by atoms with Crippen LogP contribution in [0.2, 0.25) is 0 Å². The van der Waals surface area contributed by atoms with Crippen molar-refractivity contribution in [2.75, 3.05) is 6.61 Å². The van der Waals surface area contributed by atoms with Crippen molar-refractivity contribution in [3.63, 3.8) is 0 Å². The molecule has 0 heterocycles. The smallest absolute Gasteiger partial charge is 0.317 e. The number of allylic oxidation sites excluding steroid dienone is 2. The molecule has 0 radical (unpaired) electrons. The van der Waals surface area contributed by atoms with Gasteiger partial charge in [0.05, 0.1) is 6.61 Å². The Balaban J connectivity index is 2.35. The monoisotopic (exact) mass is 265 g/mol. The number of hydrogen-bond acceptors (Lipinski definition) is 3. The predicted octanol–water partition coefficient (Wildman–Crippen LogP) is 3.35. The molecule has 1 aliphatic rings. The molecule has 0 aromatic heterocycles. The Morgan fingerprint density at radius 2 is 2.05 bits per heavy atom. The molecule has 19 heavy (non-hydrogen) atoms. The number of ether oxygens (including phenoxy) is 1. The van der Waals surface area contributed by atoms with E-state index in [0.29, 0.717) is 6.61 Å². The minimum atomic E-state index is -0.719. The number of esters is 1. The van der Waals surface area contributed by atoms with Gasteiger partial charge in [0.25, 0.3) is 0 Å². The van der Waals surface area contributed by atoms with E-state index < -0.39 is 5.41 Å². The summed E-state index contributed by atoms with van der Waals surface area (Å²) in [5.41, 5.74) is 6.42.